The highest BCUT2D eigenvalue weighted by atomic mass is 32.1. The lowest BCUT2D eigenvalue weighted by Gasteiger charge is -2.02. The molecule has 0 aliphatic heterocycles. The van der Waals surface area contributed by atoms with E-state index in [0.717, 1.165) is 23.8 Å². The van der Waals surface area contributed by atoms with Crippen LogP contribution in [0.5, 0.6) is 0 Å². The summed E-state index contributed by atoms with van der Waals surface area (Å²) in [5.74, 6) is -0.205. The molecule has 0 aliphatic rings. The summed E-state index contributed by atoms with van der Waals surface area (Å²) >= 11 is 1.55. The van der Waals surface area contributed by atoms with Gasteiger partial charge in [-0.2, -0.15) is 0 Å². The number of nitrogens with one attached hydrogen (secondary N) is 1. The molecule has 0 saturated carbocycles. The zero-order chi connectivity index (χ0) is 14.2. The van der Waals surface area contributed by atoms with E-state index in [0.29, 0.717) is 12.8 Å². The number of nitrogens with zero attached hydrogens (tertiary/aromatic N) is 2. The first-order chi connectivity index (χ1) is 9.78. The van der Waals surface area contributed by atoms with E-state index in [1.807, 2.05) is 17.6 Å². The number of rotatable bonds is 7. The molecule has 2 rings (SSSR count). The molecule has 0 saturated heterocycles. The van der Waals surface area contributed by atoms with Crippen molar-refractivity contribution in [3.05, 3.63) is 41.2 Å². The lowest BCUT2D eigenvalue weighted by atomic mass is 10.2. The van der Waals surface area contributed by atoms with Crippen LogP contribution in [0.1, 0.15) is 17.7 Å². The molecule has 0 atom stereocenters. The van der Waals surface area contributed by atoms with Crippen LogP contribution in [0.4, 0.5) is 5.13 Å². The third-order valence-electron chi connectivity index (χ3n) is 2.78. The molecule has 1 N–H and O–H groups in total. The Hall–Kier alpha value is -1.95. The van der Waals surface area contributed by atoms with Gasteiger partial charge in [0.2, 0.25) is 0 Å². The fourth-order valence-electron chi connectivity index (χ4n) is 1.69. The minimum Gasteiger partial charge on any atom is -0.469 e. The third kappa shape index (κ3) is 4.62. The van der Waals surface area contributed by atoms with E-state index >= 15 is 0 Å². The Labute approximate surface area is 122 Å². The SMILES string of the molecule is COC(=O)CCc1csc(NCCc2cccnc2)n1. The first kappa shape index (κ1) is 14.5. The Kier molecular flexibility index (Phi) is 5.49. The second kappa shape index (κ2) is 7.59. The van der Waals surface area contributed by atoms with Crippen LogP contribution in [-0.4, -0.2) is 29.6 Å². The van der Waals surface area contributed by atoms with E-state index in [4.69, 9.17) is 0 Å². The van der Waals surface area contributed by atoms with Gasteiger partial charge in [0.25, 0.3) is 0 Å². The second-order valence-corrected chi connectivity index (χ2v) is 5.12. The number of esters is 1. The van der Waals surface area contributed by atoms with Crippen molar-refractivity contribution < 1.29 is 9.53 Å². The average molecular weight is 291 g/mol. The number of carbonyl (C=O) groups excluding carboxylic acids is 1. The minimum atomic E-state index is -0.205. The van der Waals surface area contributed by atoms with Gasteiger partial charge in [0.05, 0.1) is 19.2 Å². The Morgan fingerprint density at radius 2 is 2.35 bits per heavy atom. The molecule has 106 valence electrons. The summed E-state index contributed by atoms with van der Waals surface area (Å²) in [6, 6.07) is 3.99. The van der Waals surface area contributed by atoms with Gasteiger partial charge in [-0.05, 0) is 18.1 Å². The number of pyridine rings is 1. The van der Waals surface area contributed by atoms with E-state index in [-0.39, 0.29) is 5.97 Å². The molecule has 0 amide bonds. The maximum Gasteiger partial charge on any atom is 0.305 e. The molecule has 2 aromatic rings. The van der Waals surface area contributed by atoms with E-state index < -0.39 is 0 Å². The Morgan fingerprint density at radius 3 is 3.10 bits per heavy atom. The Morgan fingerprint density at radius 1 is 1.45 bits per heavy atom. The van der Waals surface area contributed by atoms with Crippen molar-refractivity contribution in [3.8, 4) is 0 Å². The summed E-state index contributed by atoms with van der Waals surface area (Å²) < 4.78 is 4.61. The number of methoxy groups -OCH3 is 1. The molecule has 2 aromatic heterocycles. The van der Waals surface area contributed by atoms with E-state index in [1.165, 1.54) is 12.7 Å². The molecule has 5 nitrogen and oxygen atoms in total. The smallest absolute Gasteiger partial charge is 0.305 e. The predicted molar refractivity (Wildman–Crippen MR) is 78.9 cm³/mol. The van der Waals surface area contributed by atoms with Gasteiger partial charge in [-0.15, -0.1) is 11.3 Å². The molecule has 0 unspecified atom stereocenters. The molecule has 0 bridgehead atoms. The quantitative estimate of drug-likeness (QED) is 0.793. The van der Waals surface area contributed by atoms with Gasteiger partial charge in [-0.1, -0.05) is 6.07 Å². The number of hydrogen-bond donors (Lipinski definition) is 1. The highest BCUT2D eigenvalue weighted by Crippen LogP contribution is 2.16. The summed E-state index contributed by atoms with van der Waals surface area (Å²) in [6.45, 7) is 0.815. The molecule has 0 radical (unpaired) electrons. The van der Waals surface area contributed by atoms with Crippen LogP contribution in [0.3, 0.4) is 0 Å². The van der Waals surface area contributed by atoms with Gasteiger partial charge >= 0.3 is 5.97 Å². The molecule has 0 fully saturated rings. The summed E-state index contributed by atoms with van der Waals surface area (Å²) in [7, 11) is 1.40. The van der Waals surface area contributed by atoms with E-state index in [9.17, 15) is 4.79 Å². The number of aryl methyl sites for hydroxylation is 1. The van der Waals surface area contributed by atoms with E-state index in [2.05, 4.69) is 26.1 Å². The van der Waals surface area contributed by atoms with Gasteiger partial charge in [0, 0.05) is 30.7 Å². The van der Waals surface area contributed by atoms with Gasteiger partial charge in [0.15, 0.2) is 5.13 Å². The maximum atomic E-state index is 11.1. The normalized spacial score (nSPS) is 10.2. The molecule has 20 heavy (non-hydrogen) atoms. The molecular weight excluding hydrogens is 274 g/mol. The maximum absolute atomic E-state index is 11.1. The second-order valence-electron chi connectivity index (χ2n) is 4.26. The fourth-order valence-corrected chi connectivity index (χ4v) is 2.47. The van der Waals surface area contributed by atoms with Crippen molar-refractivity contribution in [2.24, 2.45) is 0 Å². The molecule has 2 heterocycles. The first-order valence-electron chi connectivity index (χ1n) is 6.42. The Balaban J connectivity index is 1.74. The zero-order valence-electron chi connectivity index (χ0n) is 11.3. The summed E-state index contributed by atoms with van der Waals surface area (Å²) in [6.07, 6.45) is 5.53. The molecule has 0 aromatic carbocycles. The van der Waals surface area contributed by atoms with Crippen molar-refractivity contribution in [1.82, 2.24) is 9.97 Å². The lowest BCUT2D eigenvalue weighted by Crippen LogP contribution is -2.05. The lowest BCUT2D eigenvalue weighted by molar-refractivity contribution is -0.140. The Bertz CT molecular complexity index is 542. The fraction of sp³-hybridized carbons (Fsp3) is 0.357. The predicted octanol–water partition coefficient (Wildman–Crippen LogP) is 2.30. The van der Waals surface area contributed by atoms with Crippen LogP contribution < -0.4 is 5.32 Å². The number of aromatic nitrogens is 2. The topological polar surface area (TPSA) is 64.1 Å². The summed E-state index contributed by atoms with van der Waals surface area (Å²) in [5, 5.41) is 6.13. The number of hydrogen-bond acceptors (Lipinski definition) is 6. The monoisotopic (exact) mass is 291 g/mol. The van der Waals surface area contributed by atoms with Crippen molar-refractivity contribution >= 4 is 22.4 Å². The highest BCUT2D eigenvalue weighted by molar-refractivity contribution is 7.13. The average Bonchev–Trinajstić information content (AvgIpc) is 2.94. The molecule has 6 heteroatoms. The van der Waals surface area contributed by atoms with Crippen LogP contribution >= 0.6 is 11.3 Å². The van der Waals surface area contributed by atoms with Gasteiger partial charge < -0.3 is 10.1 Å². The van der Waals surface area contributed by atoms with E-state index in [1.54, 1.807) is 17.5 Å². The summed E-state index contributed by atoms with van der Waals surface area (Å²) in [4.78, 5) is 19.6. The van der Waals surface area contributed by atoms with Crippen molar-refractivity contribution in [3.63, 3.8) is 0 Å². The number of carbonyl (C=O) groups is 1. The van der Waals surface area contributed by atoms with Gasteiger partial charge in [0.1, 0.15) is 0 Å². The molecular formula is C14H17N3O2S. The molecule has 0 spiro atoms. The van der Waals surface area contributed by atoms with Crippen molar-refractivity contribution in [2.75, 3.05) is 19.0 Å². The highest BCUT2D eigenvalue weighted by Gasteiger charge is 2.05. The van der Waals surface area contributed by atoms with Crippen LogP contribution in [0, 0.1) is 0 Å². The standard InChI is InChI=1S/C14H17N3O2S/c1-19-13(18)5-4-12-10-20-14(17-12)16-8-6-11-3-2-7-15-9-11/h2-3,7,9-10H,4-6,8H2,1H3,(H,16,17). The van der Waals surface area contributed by atoms with Crippen LogP contribution in [0.15, 0.2) is 29.9 Å². The largest absolute Gasteiger partial charge is 0.469 e. The number of anilines is 1. The van der Waals surface area contributed by atoms with Gasteiger partial charge in [-0.3, -0.25) is 9.78 Å². The third-order valence-corrected chi connectivity index (χ3v) is 3.63. The van der Waals surface area contributed by atoms with Crippen molar-refractivity contribution in [2.45, 2.75) is 19.3 Å². The number of thiazole rings is 1. The number of ether oxygens (including phenoxy) is 1. The van der Waals surface area contributed by atoms with Crippen LogP contribution in [-0.2, 0) is 22.4 Å². The first-order valence-corrected chi connectivity index (χ1v) is 7.30. The minimum absolute atomic E-state index is 0.205. The zero-order valence-corrected chi connectivity index (χ0v) is 12.2. The van der Waals surface area contributed by atoms with Crippen LogP contribution in [0.2, 0.25) is 0 Å². The van der Waals surface area contributed by atoms with Crippen LogP contribution in [0.25, 0.3) is 0 Å². The molecule has 0 aliphatic carbocycles. The van der Waals surface area contributed by atoms with Crippen molar-refractivity contribution in [1.29, 1.82) is 0 Å². The van der Waals surface area contributed by atoms with Gasteiger partial charge in [-0.25, -0.2) is 4.98 Å². The summed E-state index contributed by atoms with van der Waals surface area (Å²) in [5.41, 5.74) is 2.12.